The van der Waals surface area contributed by atoms with Crippen LogP contribution in [0.2, 0.25) is 0 Å². The van der Waals surface area contributed by atoms with Crippen LogP contribution in [-0.4, -0.2) is 37.9 Å². The van der Waals surface area contributed by atoms with E-state index in [9.17, 15) is 4.79 Å². The fourth-order valence-electron chi connectivity index (χ4n) is 3.97. The van der Waals surface area contributed by atoms with Crippen molar-refractivity contribution in [3.8, 4) is 38.0 Å². The average molecular weight is 520 g/mol. The van der Waals surface area contributed by atoms with Crippen LogP contribution in [0.4, 0.5) is 0 Å². The molecule has 9 heteroatoms. The van der Waals surface area contributed by atoms with E-state index < -0.39 is 5.97 Å². The first-order valence-corrected chi connectivity index (χ1v) is 12.8. The van der Waals surface area contributed by atoms with E-state index in [0.29, 0.717) is 23.2 Å². The quantitative estimate of drug-likeness (QED) is 0.241. The molecule has 6 rings (SSSR count). The average Bonchev–Trinajstić information content (AvgIpc) is 3.62. The monoisotopic (exact) mass is 519 g/mol. The van der Waals surface area contributed by atoms with Gasteiger partial charge >= 0.3 is 5.97 Å². The molecule has 0 bridgehead atoms. The second-order valence-electron chi connectivity index (χ2n) is 8.35. The summed E-state index contributed by atoms with van der Waals surface area (Å²) in [6.45, 7) is 2.62. The molecular weight excluding hydrogens is 498 g/mol. The van der Waals surface area contributed by atoms with Crippen LogP contribution in [0.15, 0.2) is 97.1 Å². The van der Waals surface area contributed by atoms with Crippen LogP contribution in [0.25, 0.3) is 43.3 Å². The number of rotatable bonds is 7. The SMILES string of the molecule is CCOc1ccc(-c2ccc(-c3nnc(-c4ccc(C(=O)On5nnc6ccccc65)cc4)s3)cc2)cc1. The van der Waals surface area contributed by atoms with E-state index in [0.717, 1.165) is 42.9 Å². The Labute approximate surface area is 222 Å². The van der Waals surface area contributed by atoms with Gasteiger partial charge in [0.05, 0.1) is 12.2 Å². The maximum atomic E-state index is 12.6. The third kappa shape index (κ3) is 4.74. The summed E-state index contributed by atoms with van der Waals surface area (Å²) in [6, 6.07) is 30.6. The van der Waals surface area contributed by atoms with Crippen molar-refractivity contribution < 1.29 is 14.4 Å². The molecule has 0 atom stereocenters. The minimum atomic E-state index is -0.530. The van der Waals surface area contributed by atoms with Crippen LogP contribution in [0.5, 0.6) is 5.75 Å². The second-order valence-corrected chi connectivity index (χ2v) is 9.33. The third-order valence-corrected chi connectivity index (χ3v) is 6.94. The lowest BCUT2D eigenvalue weighted by Crippen LogP contribution is -2.20. The van der Waals surface area contributed by atoms with E-state index >= 15 is 0 Å². The molecule has 0 unspecified atom stereocenters. The number of hydrogen-bond acceptors (Lipinski definition) is 8. The molecule has 0 aliphatic heterocycles. The molecule has 4 aromatic carbocycles. The summed E-state index contributed by atoms with van der Waals surface area (Å²) in [6.07, 6.45) is 0. The number of para-hydroxylation sites is 1. The first-order chi connectivity index (χ1) is 18.7. The van der Waals surface area contributed by atoms with E-state index in [2.05, 4.69) is 44.8 Å². The van der Waals surface area contributed by atoms with Gasteiger partial charge in [0.1, 0.15) is 26.8 Å². The van der Waals surface area contributed by atoms with E-state index in [1.165, 1.54) is 11.3 Å². The van der Waals surface area contributed by atoms with Gasteiger partial charge in [-0.15, -0.1) is 15.3 Å². The van der Waals surface area contributed by atoms with E-state index in [-0.39, 0.29) is 0 Å². The lowest BCUT2D eigenvalue weighted by Gasteiger charge is -2.06. The predicted octanol–water partition coefficient (Wildman–Crippen LogP) is 5.95. The molecule has 0 saturated carbocycles. The van der Waals surface area contributed by atoms with Gasteiger partial charge in [0.15, 0.2) is 0 Å². The van der Waals surface area contributed by atoms with Crippen molar-refractivity contribution >= 4 is 28.3 Å². The molecule has 0 fully saturated rings. The van der Waals surface area contributed by atoms with Gasteiger partial charge in [0.25, 0.3) is 0 Å². The third-order valence-electron chi connectivity index (χ3n) is 5.91. The number of carbonyl (C=O) groups is 1. The van der Waals surface area contributed by atoms with Gasteiger partial charge in [-0.05, 0) is 59.7 Å². The Morgan fingerprint density at radius 2 is 1.32 bits per heavy atom. The highest BCUT2D eigenvalue weighted by molar-refractivity contribution is 7.17. The molecule has 0 spiro atoms. The molecule has 0 aliphatic rings. The number of nitrogens with zero attached hydrogens (tertiary/aromatic N) is 5. The topological polar surface area (TPSA) is 92.0 Å². The summed E-state index contributed by atoms with van der Waals surface area (Å²) in [7, 11) is 0. The fourth-order valence-corrected chi connectivity index (χ4v) is 4.82. The largest absolute Gasteiger partial charge is 0.494 e. The number of hydrogen-bond donors (Lipinski definition) is 0. The summed E-state index contributed by atoms with van der Waals surface area (Å²) in [5.41, 5.74) is 5.74. The standard InChI is InChI=1S/C29H21N5O3S/c1-2-36-24-17-15-20(16-18-24)19-7-9-21(10-8-19)27-31-32-28(38-27)22-11-13-23(14-12-22)29(35)37-34-26-6-4-3-5-25(26)30-33-34/h3-18H,2H2,1H3. The normalized spacial score (nSPS) is 11.0. The minimum absolute atomic E-state index is 0.392. The second kappa shape index (κ2) is 10.2. The smallest absolute Gasteiger partial charge is 0.365 e. The fraction of sp³-hybridized carbons (Fsp3) is 0.0690. The highest BCUT2D eigenvalue weighted by Gasteiger charge is 2.14. The molecule has 2 aromatic heterocycles. The Kier molecular flexibility index (Phi) is 6.33. The number of benzene rings is 4. The van der Waals surface area contributed by atoms with Crippen LogP contribution >= 0.6 is 11.3 Å². The highest BCUT2D eigenvalue weighted by Crippen LogP contribution is 2.32. The van der Waals surface area contributed by atoms with Gasteiger partial charge in [-0.3, -0.25) is 0 Å². The molecule has 2 heterocycles. The molecule has 0 amide bonds. The predicted molar refractivity (Wildman–Crippen MR) is 146 cm³/mol. The number of ether oxygens (including phenoxy) is 1. The summed E-state index contributed by atoms with van der Waals surface area (Å²) >= 11 is 1.49. The van der Waals surface area contributed by atoms with Crippen molar-refractivity contribution in [1.29, 1.82) is 0 Å². The van der Waals surface area contributed by atoms with Gasteiger partial charge in [0.2, 0.25) is 0 Å². The Hall–Kier alpha value is -4.89. The minimum Gasteiger partial charge on any atom is -0.494 e. The zero-order valence-corrected chi connectivity index (χ0v) is 21.1. The van der Waals surface area contributed by atoms with E-state index in [1.54, 1.807) is 24.3 Å². The first kappa shape index (κ1) is 23.5. The van der Waals surface area contributed by atoms with Crippen LogP contribution in [0, 0.1) is 0 Å². The van der Waals surface area contributed by atoms with Crippen molar-refractivity contribution in [2.24, 2.45) is 0 Å². The highest BCUT2D eigenvalue weighted by atomic mass is 32.1. The Morgan fingerprint density at radius 3 is 1.97 bits per heavy atom. The van der Waals surface area contributed by atoms with Crippen molar-refractivity contribution in [2.75, 3.05) is 6.61 Å². The maximum absolute atomic E-state index is 12.6. The van der Waals surface area contributed by atoms with E-state index in [1.807, 2.05) is 55.5 Å². The van der Waals surface area contributed by atoms with Crippen molar-refractivity contribution in [3.05, 3.63) is 103 Å². The van der Waals surface area contributed by atoms with Crippen molar-refractivity contribution in [3.63, 3.8) is 0 Å². The molecule has 8 nitrogen and oxygen atoms in total. The molecule has 6 aromatic rings. The lowest BCUT2D eigenvalue weighted by atomic mass is 10.0. The zero-order valence-electron chi connectivity index (χ0n) is 20.3. The first-order valence-electron chi connectivity index (χ1n) is 12.0. The molecule has 186 valence electrons. The lowest BCUT2D eigenvalue weighted by molar-refractivity contribution is 0.0409. The molecular formula is C29H21N5O3S. The summed E-state index contributed by atoms with van der Waals surface area (Å²) in [5.74, 6) is 0.334. The van der Waals surface area contributed by atoms with E-state index in [4.69, 9.17) is 9.57 Å². The van der Waals surface area contributed by atoms with Crippen LogP contribution in [-0.2, 0) is 0 Å². The van der Waals surface area contributed by atoms with Crippen LogP contribution in [0.1, 0.15) is 17.3 Å². The number of fused-ring (bicyclic) bond motifs is 1. The zero-order chi connectivity index (χ0) is 25.9. The molecule has 0 aliphatic carbocycles. The molecule has 0 saturated heterocycles. The number of carbonyl (C=O) groups excluding carboxylic acids is 1. The van der Waals surface area contributed by atoms with Crippen molar-refractivity contribution in [2.45, 2.75) is 6.92 Å². The Bertz CT molecular complexity index is 1710. The molecule has 38 heavy (non-hydrogen) atoms. The number of aromatic nitrogens is 5. The summed E-state index contributed by atoms with van der Waals surface area (Å²) < 4.78 is 5.52. The maximum Gasteiger partial charge on any atom is 0.365 e. The molecule has 0 radical (unpaired) electrons. The Balaban J connectivity index is 1.14. The Morgan fingerprint density at radius 1 is 0.737 bits per heavy atom. The van der Waals surface area contributed by atoms with Gasteiger partial charge in [-0.2, -0.15) is 0 Å². The van der Waals surface area contributed by atoms with Gasteiger partial charge in [-0.25, -0.2) is 4.79 Å². The summed E-state index contributed by atoms with van der Waals surface area (Å²) in [5, 5.41) is 18.2. The van der Waals surface area contributed by atoms with Crippen molar-refractivity contribution in [1.82, 2.24) is 25.4 Å². The van der Waals surface area contributed by atoms with Gasteiger partial charge < -0.3 is 9.57 Å². The molecule has 0 N–H and O–H groups in total. The van der Waals surface area contributed by atoms with Crippen LogP contribution < -0.4 is 9.57 Å². The van der Waals surface area contributed by atoms with Gasteiger partial charge in [0, 0.05) is 11.1 Å². The summed E-state index contributed by atoms with van der Waals surface area (Å²) in [4.78, 5) is 19.1. The van der Waals surface area contributed by atoms with Crippen LogP contribution in [0.3, 0.4) is 0 Å². The van der Waals surface area contributed by atoms with Gasteiger partial charge in [-0.1, -0.05) is 76.8 Å².